The molecule has 2 N–H and O–H groups in total. The van der Waals surface area contributed by atoms with Crippen LogP contribution in [0.15, 0.2) is 18.5 Å². The number of hydrogen-bond donors (Lipinski definition) is 2. The lowest BCUT2D eigenvalue weighted by atomic mass is 10.1. The second-order valence-corrected chi connectivity index (χ2v) is 3.24. The van der Waals surface area contributed by atoms with E-state index in [1.165, 1.54) is 0 Å². The number of pyridine rings is 1. The molecule has 1 aromatic rings. The Hall–Kier alpha value is -2.02. The summed E-state index contributed by atoms with van der Waals surface area (Å²) in [5.41, 5.74) is 2.02. The molecule has 0 aliphatic carbocycles. The van der Waals surface area contributed by atoms with Crippen LogP contribution >= 0.6 is 0 Å². The van der Waals surface area contributed by atoms with Gasteiger partial charge in [-0.1, -0.05) is 25.2 Å². The first-order valence-corrected chi connectivity index (χ1v) is 5.12. The maximum absolute atomic E-state index is 10.2. The number of hydrogen-bond acceptors (Lipinski definition) is 2. The molecule has 0 saturated heterocycles. The van der Waals surface area contributed by atoms with E-state index in [-0.39, 0.29) is 6.54 Å². The van der Waals surface area contributed by atoms with Gasteiger partial charge in [-0.05, 0) is 18.1 Å². The van der Waals surface area contributed by atoms with E-state index >= 15 is 0 Å². The van der Waals surface area contributed by atoms with Crippen molar-refractivity contribution in [3.8, 4) is 11.8 Å². The van der Waals surface area contributed by atoms with Gasteiger partial charge in [0, 0.05) is 18.0 Å². The first kappa shape index (κ1) is 12.1. The maximum Gasteiger partial charge on any atom is 0.405 e. The Labute approximate surface area is 94.7 Å². The van der Waals surface area contributed by atoms with E-state index in [1.54, 1.807) is 12.4 Å². The summed E-state index contributed by atoms with van der Waals surface area (Å²) in [5, 5.41) is 10.5. The van der Waals surface area contributed by atoms with Gasteiger partial charge < -0.3 is 10.4 Å². The van der Waals surface area contributed by atoms with Crippen LogP contribution in [0.2, 0.25) is 0 Å². The lowest BCUT2D eigenvalue weighted by Crippen LogP contribution is -2.20. The van der Waals surface area contributed by atoms with Crippen molar-refractivity contribution in [1.82, 2.24) is 10.3 Å². The second-order valence-electron chi connectivity index (χ2n) is 3.24. The zero-order valence-corrected chi connectivity index (χ0v) is 9.16. The molecule has 1 rings (SSSR count). The van der Waals surface area contributed by atoms with Crippen molar-refractivity contribution < 1.29 is 9.90 Å². The van der Waals surface area contributed by atoms with Gasteiger partial charge in [0.05, 0.1) is 6.54 Å². The van der Waals surface area contributed by atoms with Gasteiger partial charge >= 0.3 is 6.09 Å². The van der Waals surface area contributed by atoms with Crippen LogP contribution in [0.5, 0.6) is 0 Å². The summed E-state index contributed by atoms with van der Waals surface area (Å²) in [6, 6.07) is 1.94. The molecule has 0 aliphatic heterocycles. The summed E-state index contributed by atoms with van der Waals surface area (Å²) >= 11 is 0. The van der Waals surface area contributed by atoms with Crippen molar-refractivity contribution in [2.75, 3.05) is 6.54 Å². The van der Waals surface area contributed by atoms with Gasteiger partial charge in [-0.25, -0.2) is 4.79 Å². The lowest BCUT2D eigenvalue weighted by Gasteiger charge is -2.00. The topological polar surface area (TPSA) is 62.2 Å². The average Bonchev–Trinajstić information content (AvgIpc) is 2.26. The molecule has 0 saturated carbocycles. The van der Waals surface area contributed by atoms with Crippen molar-refractivity contribution in [3.63, 3.8) is 0 Å². The van der Waals surface area contributed by atoms with Crippen molar-refractivity contribution in [1.29, 1.82) is 0 Å². The van der Waals surface area contributed by atoms with Gasteiger partial charge in [-0.15, -0.1) is 0 Å². The monoisotopic (exact) mass is 218 g/mol. The van der Waals surface area contributed by atoms with Crippen molar-refractivity contribution in [2.45, 2.75) is 19.8 Å². The summed E-state index contributed by atoms with van der Waals surface area (Å²) in [4.78, 5) is 14.2. The van der Waals surface area contributed by atoms with E-state index in [1.807, 2.05) is 6.07 Å². The van der Waals surface area contributed by atoms with Gasteiger partial charge in [0.25, 0.3) is 0 Å². The Bertz CT molecular complexity index is 419. The largest absolute Gasteiger partial charge is 0.465 e. The van der Waals surface area contributed by atoms with Crippen LogP contribution in [0.25, 0.3) is 0 Å². The predicted molar refractivity (Wildman–Crippen MR) is 61.1 cm³/mol. The zero-order valence-electron chi connectivity index (χ0n) is 9.16. The van der Waals surface area contributed by atoms with Crippen LogP contribution in [0.1, 0.15) is 24.5 Å². The van der Waals surface area contributed by atoms with E-state index in [9.17, 15) is 4.79 Å². The highest BCUT2D eigenvalue weighted by atomic mass is 16.4. The molecule has 1 aromatic heterocycles. The SMILES string of the molecule is CCCc1ccncc1C#CCNC(=O)O. The van der Waals surface area contributed by atoms with E-state index in [0.717, 1.165) is 24.0 Å². The number of carbonyl (C=O) groups is 1. The molecule has 0 atom stereocenters. The van der Waals surface area contributed by atoms with Crippen LogP contribution in [0.3, 0.4) is 0 Å². The second kappa shape index (κ2) is 6.46. The zero-order chi connectivity index (χ0) is 11.8. The number of rotatable bonds is 3. The molecule has 0 spiro atoms. The number of amides is 1. The molecular formula is C12H14N2O2. The Morgan fingerprint density at radius 1 is 1.62 bits per heavy atom. The van der Waals surface area contributed by atoms with Crippen LogP contribution in [0.4, 0.5) is 4.79 Å². The Morgan fingerprint density at radius 3 is 3.12 bits per heavy atom. The smallest absolute Gasteiger partial charge is 0.405 e. The van der Waals surface area contributed by atoms with Gasteiger partial charge in [0.1, 0.15) is 0 Å². The fourth-order valence-corrected chi connectivity index (χ4v) is 1.28. The highest BCUT2D eigenvalue weighted by molar-refractivity contribution is 5.64. The normalized spacial score (nSPS) is 9.06. The minimum atomic E-state index is -1.06. The van der Waals surface area contributed by atoms with Crippen LogP contribution < -0.4 is 5.32 Å². The molecule has 84 valence electrons. The van der Waals surface area contributed by atoms with Crippen molar-refractivity contribution in [3.05, 3.63) is 29.6 Å². The van der Waals surface area contributed by atoms with Crippen LogP contribution in [-0.2, 0) is 6.42 Å². The van der Waals surface area contributed by atoms with E-state index in [2.05, 4.69) is 29.1 Å². The quantitative estimate of drug-likeness (QED) is 0.758. The Balaban J connectivity index is 2.68. The fraction of sp³-hybridized carbons (Fsp3) is 0.333. The number of aromatic nitrogens is 1. The first-order chi connectivity index (χ1) is 7.74. The Morgan fingerprint density at radius 2 is 2.44 bits per heavy atom. The molecule has 0 aromatic carbocycles. The summed E-state index contributed by atoms with van der Waals surface area (Å²) < 4.78 is 0. The Kier molecular flexibility index (Phi) is 4.87. The summed E-state index contributed by atoms with van der Waals surface area (Å²) in [6.45, 7) is 2.24. The third-order valence-electron chi connectivity index (χ3n) is 1.98. The van der Waals surface area contributed by atoms with Crippen LogP contribution in [0, 0.1) is 11.8 Å². The van der Waals surface area contributed by atoms with Crippen LogP contribution in [-0.4, -0.2) is 22.7 Å². The first-order valence-electron chi connectivity index (χ1n) is 5.12. The molecule has 16 heavy (non-hydrogen) atoms. The maximum atomic E-state index is 10.2. The third kappa shape index (κ3) is 4.01. The minimum Gasteiger partial charge on any atom is -0.465 e. The summed E-state index contributed by atoms with van der Waals surface area (Å²) in [5.74, 6) is 5.66. The molecular weight excluding hydrogens is 204 g/mol. The van der Waals surface area contributed by atoms with Gasteiger partial charge in [-0.2, -0.15) is 0 Å². The molecule has 1 heterocycles. The highest BCUT2D eigenvalue weighted by Crippen LogP contribution is 2.07. The van der Waals surface area contributed by atoms with E-state index in [4.69, 9.17) is 5.11 Å². The molecule has 0 fully saturated rings. The summed E-state index contributed by atoms with van der Waals surface area (Å²) in [6.07, 6.45) is 4.39. The number of nitrogens with one attached hydrogen (secondary N) is 1. The van der Waals surface area contributed by atoms with Crippen molar-refractivity contribution >= 4 is 6.09 Å². The van der Waals surface area contributed by atoms with Gasteiger partial charge in [-0.3, -0.25) is 4.98 Å². The van der Waals surface area contributed by atoms with Gasteiger partial charge in [0.2, 0.25) is 0 Å². The number of aryl methyl sites for hydroxylation is 1. The van der Waals surface area contributed by atoms with E-state index in [0.29, 0.717) is 0 Å². The molecule has 0 aliphatic rings. The molecule has 0 radical (unpaired) electrons. The molecule has 4 nitrogen and oxygen atoms in total. The molecule has 1 amide bonds. The highest BCUT2D eigenvalue weighted by Gasteiger charge is 1.97. The molecule has 4 heteroatoms. The molecule has 0 unspecified atom stereocenters. The third-order valence-corrected chi connectivity index (χ3v) is 1.98. The number of nitrogens with zero attached hydrogens (tertiary/aromatic N) is 1. The summed E-state index contributed by atoms with van der Waals surface area (Å²) in [7, 11) is 0. The minimum absolute atomic E-state index is 0.135. The lowest BCUT2D eigenvalue weighted by molar-refractivity contribution is 0.196. The average molecular weight is 218 g/mol. The standard InChI is InChI=1S/C12H14N2O2/c1-2-4-10-6-8-13-9-11(10)5-3-7-14-12(15)16/h6,8-9,14H,2,4,7H2,1H3,(H,15,16). The number of carboxylic acid groups (broad SMARTS) is 1. The van der Waals surface area contributed by atoms with E-state index < -0.39 is 6.09 Å². The van der Waals surface area contributed by atoms with Gasteiger partial charge in [0.15, 0.2) is 0 Å². The fourth-order valence-electron chi connectivity index (χ4n) is 1.28. The predicted octanol–water partition coefficient (Wildman–Crippen LogP) is 1.65. The molecule has 0 bridgehead atoms. The van der Waals surface area contributed by atoms with Crippen molar-refractivity contribution in [2.24, 2.45) is 0 Å².